The summed E-state index contributed by atoms with van der Waals surface area (Å²) in [6.07, 6.45) is -5.76. The Balaban J connectivity index is 2.17. The molecule has 0 amide bonds. The molecule has 2 rings (SSSR count). The van der Waals surface area contributed by atoms with Gasteiger partial charge in [0.2, 0.25) is 0 Å². The van der Waals surface area contributed by atoms with Crippen LogP contribution in [0.5, 0.6) is 5.75 Å². The minimum atomic E-state index is -6.17. The lowest BCUT2D eigenvalue weighted by atomic mass is 9.96. The molecule has 3 nitrogen and oxygen atoms in total. The molecule has 0 aliphatic rings. The molecule has 0 aromatic heterocycles. The minimum Gasteiger partial charge on any atom is -0.493 e. The van der Waals surface area contributed by atoms with Gasteiger partial charge in [0.25, 0.3) is 0 Å². The maximum atomic E-state index is 14.1. The third kappa shape index (κ3) is 4.67. The highest BCUT2D eigenvalue weighted by Crippen LogP contribution is 2.49. The fourth-order valence-corrected chi connectivity index (χ4v) is 2.88. The van der Waals surface area contributed by atoms with Crippen LogP contribution < -0.4 is 10.5 Å². The molecule has 3 N–H and O–H groups in total. The Hall–Kier alpha value is -2.26. The summed E-state index contributed by atoms with van der Waals surface area (Å²) in [6, 6.07) is 10.2. The Morgan fingerprint density at radius 2 is 1.48 bits per heavy atom. The quantitative estimate of drug-likeness (QED) is 0.613. The number of halogens is 6. The van der Waals surface area contributed by atoms with Crippen LogP contribution in [0.25, 0.3) is 0 Å². The van der Waals surface area contributed by atoms with Crippen molar-refractivity contribution in [2.75, 3.05) is 6.61 Å². The molecule has 0 heterocycles. The standard InChI is InChI=1S/C20H21F6NO2/c1-12-10-15(18(21,22)19(23,28)20(24,25)26)11-13(2)17(12)29-9-8-16(27)14-6-4-3-5-7-14/h3-7,10-11,16,28H,8-9,27H2,1-2H3. The average molecular weight is 421 g/mol. The summed E-state index contributed by atoms with van der Waals surface area (Å²) in [4.78, 5) is 0. The van der Waals surface area contributed by atoms with E-state index in [1.807, 2.05) is 30.3 Å². The lowest BCUT2D eigenvalue weighted by molar-refractivity contribution is -0.390. The van der Waals surface area contributed by atoms with E-state index in [2.05, 4.69) is 0 Å². The zero-order chi connectivity index (χ0) is 22.0. The molecular formula is C20H21F6NO2. The van der Waals surface area contributed by atoms with Crippen LogP contribution in [0.1, 0.15) is 34.7 Å². The van der Waals surface area contributed by atoms with Crippen LogP contribution in [0.3, 0.4) is 0 Å². The molecular weight excluding hydrogens is 400 g/mol. The van der Waals surface area contributed by atoms with Crippen molar-refractivity contribution < 1.29 is 36.2 Å². The fraction of sp³-hybridized carbons (Fsp3) is 0.400. The third-order valence-electron chi connectivity index (χ3n) is 4.52. The van der Waals surface area contributed by atoms with Gasteiger partial charge in [-0.05, 0) is 42.7 Å². The number of ether oxygens (including phenoxy) is 1. The van der Waals surface area contributed by atoms with Gasteiger partial charge in [-0.1, -0.05) is 30.3 Å². The highest BCUT2D eigenvalue weighted by molar-refractivity contribution is 5.45. The smallest absolute Gasteiger partial charge is 0.455 e. The molecule has 0 fully saturated rings. The Morgan fingerprint density at radius 3 is 1.97 bits per heavy atom. The summed E-state index contributed by atoms with van der Waals surface area (Å²) >= 11 is 0. The monoisotopic (exact) mass is 421 g/mol. The lowest BCUT2D eigenvalue weighted by Gasteiger charge is -2.31. The number of aliphatic hydroxyl groups is 1. The highest BCUT2D eigenvalue weighted by atomic mass is 19.4. The summed E-state index contributed by atoms with van der Waals surface area (Å²) < 4.78 is 84.8. The topological polar surface area (TPSA) is 55.5 Å². The molecule has 0 bridgehead atoms. The second kappa shape index (κ2) is 8.23. The van der Waals surface area contributed by atoms with Crippen LogP contribution in [-0.2, 0) is 5.92 Å². The van der Waals surface area contributed by atoms with Crippen molar-refractivity contribution in [2.45, 2.75) is 44.3 Å². The predicted octanol–water partition coefficient (Wildman–Crippen LogP) is 5.08. The maximum Gasteiger partial charge on any atom is 0.455 e. The van der Waals surface area contributed by atoms with E-state index in [1.165, 1.54) is 13.8 Å². The van der Waals surface area contributed by atoms with E-state index < -0.39 is 23.5 Å². The van der Waals surface area contributed by atoms with Crippen molar-refractivity contribution >= 4 is 0 Å². The molecule has 0 aliphatic heterocycles. The summed E-state index contributed by atoms with van der Waals surface area (Å²) in [7, 11) is 0. The van der Waals surface area contributed by atoms with Gasteiger partial charge >= 0.3 is 18.0 Å². The number of alkyl halides is 6. The van der Waals surface area contributed by atoms with Crippen LogP contribution in [0.15, 0.2) is 42.5 Å². The zero-order valence-electron chi connectivity index (χ0n) is 15.7. The van der Waals surface area contributed by atoms with Gasteiger partial charge in [0.05, 0.1) is 6.61 Å². The van der Waals surface area contributed by atoms with Gasteiger partial charge in [-0.15, -0.1) is 0 Å². The normalized spacial score (nSPS) is 15.7. The van der Waals surface area contributed by atoms with E-state index in [0.717, 1.165) is 5.56 Å². The van der Waals surface area contributed by atoms with Crippen molar-refractivity contribution in [1.29, 1.82) is 0 Å². The Kier molecular flexibility index (Phi) is 6.54. The second-order valence-corrected chi connectivity index (χ2v) is 6.79. The zero-order valence-corrected chi connectivity index (χ0v) is 15.7. The van der Waals surface area contributed by atoms with Gasteiger partial charge in [0.1, 0.15) is 5.75 Å². The maximum absolute atomic E-state index is 14.1. The Bertz CT molecular complexity index is 814. The second-order valence-electron chi connectivity index (χ2n) is 6.79. The average Bonchev–Trinajstić information content (AvgIpc) is 2.63. The number of nitrogens with two attached hydrogens (primary N) is 1. The molecule has 0 spiro atoms. The lowest BCUT2D eigenvalue weighted by Crippen LogP contribution is -2.53. The first-order valence-electron chi connectivity index (χ1n) is 8.70. The summed E-state index contributed by atoms with van der Waals surface area (Å²) in [6.45, 7) is 2.80. The molecule has 0 saturated carbocycles. The van der Waals surface area contributed by atoms with Gasteiger partial charge in [0, 0.05) is 18.0 Å². The van der Waals surface area contributed by atoms with Crippen LogP contribution in [0.4, 0.5) is 26.3 Å². The fourth-order valence-electron chi connectivity index (χ4n) is 2.88. The molecule has 160 valence electrons. The molecule has 2 aromatic carbocycles. The van der Waals surface area contributed by atoms with Crippen molar-refractivity contribution in [3.05, 3.63) is 64.7 Å². The third-order valence-corrected chi connectivity index (χ3v) is 4.52. The molecule has 2 aromatic rings. The van der Waals surface area contributed by atoms with Crippen molar-refractivity contribution in [3.63, 3.8) is 0 Å². The first-order chi connectivity index (χ1) is 13.3. The van der Waals surface area contributed by atoms with Crippen molar-refractivity contribution in [1.82, 2.24) is 0 Å². The number of aryl methyl sites for hydroxylation is 2. The Morgan fingerprint density at radius 1 is 0.966 bits per heavy atom. The molecule has 0 saturated heterocycles. The van der Waals surface area contributed by atoms with E-state index in [4.69, 9.17) is 15.6 Å². The molecule has 2 unspecified atom stereocenters. The van der Waals surface area contributed by atoms with E-state index in [9.17, 15) is 26.3 Å². The minimum absolute atomic E-state index is 0.0749. The van der Waals surface area contributed by atoms with Gasteiger partial charge < -0.3 is 15.6 Å². The van der Waals surface area contributed by atoms with Crippen molar-refractivity contribution in [2.24, 2.45) is 5.73 Å². The van der Waals surface area contributed by atoms with Crippen LogP contribution >= 0.6 is 0 Å². The summed E-state index contributed by atoms with van der Waals surface area (Å²) in [5.74, 6) is -10.7. The number of benzene rings is 2. The van der Waals surface area contributed by atoms with Crippen LogP contribution in [-0.4, -0.2) is 23.7 Å². The van der Waals surface area contributed by atoms with Crippen LogP contribution in [0.2, 0.25) is 0 Å². The van der Waals surface area contributed by atoms with Gasteiger partial charge in [-0.3, -0.25) is 0 Å². The van der Waals surface area contributed by atoms with E-state index >= 15 is 0 Å². The predicted molar refractivity (Wildman–Crippen MR) is 95.4 cm³/mol. The first-order valence-corrected chi connectivity index (χ1v) is 8.70. The van der Waals surface area contributed by atoms with Gasteiger partial charge in [-0.2, -0.15) is 26.3 Å². The Labute approximate surface area is 164 Å². The highest BCUT2D eigenvalue weighted by Gasteiger charge is 2.71. The molecule has 0 radical (unpaired) electrons. The van der Waals surface area contributed by atoms with Gasteiger partial charge in [0.15, 0.2) is 0 Å². The molecule has 29 heavy (non-hydrogen) atoms. The number of hydrogen-bond donors (Lipinski definition) is 2. The van der Waals surface area contributed by atoms with Crippen molar-refractivity contribution in [3.8, 4) is 5.75 Å². The van der Waals surface area contributed by atoms with Crippen LogP contribution in [0, 0.1) is 13.8 Å². The molecule has 2 atom stereocenters. The van der Waals surface area contributed by atoms with E-state index in [-0.39, 0.29) is 29.5 Å². The van der Waals surface area contributed by atoms with E-state index in [0.29, 0.717) is 18.6 Å². The number of rotatable bonds is 7. The number of hydrogen-bond acceptors (Lipinski definition) is 3. The molecule has 9 heteroatoms. The molecule has 0 aliphatic carbocycles. The summed E-state index contributed by atoms with van der Waals surface area (Å²) in [5.41, 5.74) is 5.78. The summed E-state index contributed by atoms with van der Waals surface area (Å²) in [5, 5.41) is 8.81. The van der Waals surface area contributed by atoms with E-state index in [1.54, 1.807) is 0 Å². The largest absolute Gasteiger partial charge is 0.493 e. The van der Waals surface area contributed by atoms with Gasteiger partial charge in [-0.25, -0.2) is 0 Å². The first kappa shape index (κ1) is 23.0. The SMILES string of the molecule is Cc1cc(C(F)(F)C(O)(F)C(F)(F)F)cc(C)c1OCCC(N)c1ccccc1.